The highest BCUT2D eigenvalue weighted by molar-refractivity contribution is 7.92. The minimum absolute atomic E-state index is 0.0378. The second-order valence-electron chi connectivity index (χ2n) is 5.78. The van der Waals surface area contributed by atoms with Crippen LogP contribution in [0, 0.1) is 12.3 Å². The maximum Gasteiger partial charge on any atom is 0.310 e. The molecule has 7 nitrogen and oxygen atoms in total. The Kier molecular flexibility index (Phi) is 5.18. The second kappa shape index (κ2) is 6.35. The summed E-state index contributed by atoms with van der Waals surface area (Å²) in [5, 5.41) is 11.5. The van der Waals surface area contributed by atoms with Gasteiger partial charge in [-0.15, -0.1) is 0 Å². The molecule has 0 aliphatic rings. The average molecular weight is 328 g/mol. The van der Waals surface area contributed by atoms with Crippen LogP contribution >= 0.6 is 0 Å². The van der Waals surface area contributed by atoms with Crippen molar-refractivity contribution in [3.63, 3.8) is 0 Å². The van der Waals surface area contributed by atoms with E-state index in [2.05, 4.69) is 10.0 Å². The topological polar surface area (TPSA) is 113 Å². The van der Waals surface area contributed by atoms with Gasteiger partial charge in [-0.1, -0.05) is 6.07 Å². The maximum atomic E-state index is 12.1. The predicted molar refractivity (Wildman–Crippen MR) is 83.4 cm³/mol. The van der Waals surface area contributed by atoms with Gasteiger partial charge in [0.1, 0.15) is 0 Å². The van der Waals surface area contributed by atoms with E-state index in [1.807, 2.05) is 0 Å². The van der Waals surface area contributed by atoms with Crippen molar-refractivity contribution in [2.45, 2.75) is 20.8 Å². The minimum atomic E-state index is -3.45. The molecule has 0 atom stereocenters. The van der Waals surface area contributed by atoms with Crippen LogP contribution < -0.4 is 10.0 Å². The first kappa shape index (κ1) is 18.0. The number of carbonyl (C=O) groups is 2. The Morgan fingerprint density at radius 2 is 1.86 bits per heavy atom. The summed E-state index contributed by atoms with van der Waals surface area (Å²) in [7, 11) is -3.45. The van der Waals surface area contributed by atoms with Crippen LogP contribution in [0.15, 0.2) is 18.2 Å². The van der Waals surface area contributed by atoms with Crippen LogP contribution in [-0.4, -0.2) is 38.2 Å². The summed E-state index contributed by atoms with van der Waals surface area (Å²) < 4.78 is 24.9. The predicted octanol–water partition coefficient (Wildman–Crippen LogP) is 1.21. The third-order valence-electron chi connectivity index (χ3n) is 3.06. The maximum absolute atomic E-state index is 12.1. The molecule has 3 N–H and O–H groups in total. The average Bonchev–Trinajstić information content (AvgIpc) is 2.37. The molecule has 0 fully saturated rings. The molecule has 0 radical (unpaired) electrons. The Labute approximate surface area is 129 Å². The highest BCUT2D eigenvalue weighted by atomic mass is 32.2. The van der Waals surface area contributed by atoms with Gasteiger partial charge in [-0.2, -0.15) is 0 Å². The van der Waals surface area contributed by atoms with Gasteiger partial charge in [-0.3, -0.25) is 14.3 Å². The van der Waals surface area contributed by atoms with E-state index >= 15 is 0 Å². The molecule has 0 saturated carbocycles. The van der Waals surface area contributed by atoms with Crippen LogP contribution in [-0.2, 0) is 14.8 Å². The third-order valence-corrected chi connectivity index (χ3v) is 3.66. The number of benzene rings is 1. The van der Waals surface area contributed by atoms with Crippen molar-refractivity contribution < 1.29 is 23.1 Å². The van der Waals surface area contributed by atoms with Gasteiger partial charge in [0.15, 0.2) is 0 Å². The molecule has 0 aliphatic heterocycles. The van der Waals surface area contributed by atoms with Crippen molar-refractivity contribution in [2.75, 3.05) is 17.5 Å². The van der Waals surface area contributed by atoms with Gasteiger partial charge < -0.3 is 10.4 Å². The van der Waals surface area contributed by atoms with Gasteiger partial charge >= 0.3 is 5.97 Å². The van der Waals surface area contributed by atoms with Gasteiger partial charge in [0, 0.05) is 12.1 Å². The monoisotopic (exact) mass is 328 g/mol. The SMILES string of the molecule is Cc1ccc(C(=O)NCC(C)(C)C(=O)O)cc1NS(C)(=O)=O. The van der Waals surface area contributed by atoms with E-state index in [9.17, 15) is 18.0 Å². The molecule has 0 unspecified atom stereocenters. The van der Waals surface area contributed by atoms with Gasteiger partial charge in [0.05, 0.1) is 17.4 Å². The van der Waals surface area contributed by atoms with E-state index in [1.165, 1.54) is 19.9 Å². The molecule has 0 aromatic heterocycles. The van der Waals surface area contributed by atoms with Crippen molar-refractivity contribution >= 4 is 27.6 Å². The van der Waals surface area contributed by atoms with Crippen LogP contribution in [0.3, 0.4) is 0 Å². The zero-order chi connectivity index (χ0) is 17.1. The molecule has 122 valence electrons. The van der Waals surface area contributed by atoms with E-state index in [4.69, 9.17) is 5.11 Å². The van der Waals surface area contributed by atoms with E-state index in [0.717, 1.165) is 6.26 Å². The number of hydrogen-bond donors (Lipinski definition) is 3. The summed E-state index contributed by atoms with van der Waals surface area (Å²) in [5.74, 6) is -1.48. The molecule has 22 heavy (non-hydrogen) atoms. The lowest BCUT2D eigenvalue weighted by Gasteiger charge is -2.19. The molecule has 8 heteroatoms. The van der Waals surface area contributed by atoms with Crippen molar-refractivity contribution in [1.82, 2.24) is 5.32 Å². The fourth-order valence-electron chi connectivity index (χ4n) is 1.55. The van der Waals surface area contributed by atoms with Crippen LogP contribution in [0.1, 0.15) is 29.8 Å². The zero-order valence-corrected chi connectivity index (χ0v) is 13.7. The molecule has 0 heterocycles. The zero-order valence-electron chi connectivity index (χ0n) is 12.9. The minimum Gasteiger partial charge on any atom is -0.481 e. The fraction of sp³-hybridized carbons (Fsp3) is 0.429. The van der Waals surface area contributed by atoms with Gasteiger partial charge in [-0.25, -0.2) is 8.42 Å². The normalized spacial score (nSPS) is 11.8. The smallest absolute Gasteiger partial charge is 0.310 e. The molecule has 1 aromatic carbocycles. The molecule has 0 bridgehead atoms. The number of sulfonamides is 1. The number of carboxylic acid groups (broad SMARTS) is 1. The van der Waals surface area contributed by atoms with Crippen LogP contribution in [0.4, 0.5) is 5.69 Å². The highest BCUT2D eigenvalue weighted by Crippen LogP contribution is 2.19. The summed E-state index contributed by atoms with van der Waals surface area (Å²) in [6.07, 6.45) is 1.02. The summed E-state index contributed by atoms with van der Waals surface area (Å²) >= 11 is 0. The third kappa shape index (κ3) is 5.03. The molecule has 1 aromatic rings. The first-order chi connectivity index (χ1) is 9.92. The number of amides is 1. The summed E-state index contributed by atoms with van der Waals surface area (Å²) in [4.78, 5) is 23.1. The quantitative estimate of drug-likeness (QED) is 0.726. The molecule has 0 aliphatic carbocycles. The van der Waals surface area contributed by atoms with Crippen molar-refractivity contribution in [3.8, 4) is 0 Å². The summed E-state index contributed by atoms with van der Waals surface area (Å²) in [5.41, 5.74) is 0.146. The van der Waals surface area contributed by atoms with Gasteiger partial charge in [0.2, 0.25) is 10.0 Å². The summed E-state index contributed by atoms with van der Waals surface area (Å²) in [6, 6.07) is 4.58. The van der Waals surface area contributed by atoms with Crippen LogP contribution in [0.2, 0.25) is 0 Å². The summed E-state index contributed by atoms with van der Waals surface area (Å²) in [6.45, 7) is 4.68. The molecule has 0 spiro atoms. The standard InChI is InChI=1S/C14H20N2O5S/c1-9-5-6-10(7-11(9)16-22(4,20)21)12(17)15-8-14(2,3)13(18)19/h5-7,16H,8H2,1-4H3,(H,15,17)(H,18,19). The lowest BCUT2D eigenvalue weighted by atomic mass is 9.94. The molecule has 1 amide bonds. The van der Waals surface area contributed by atoms with Crippen LogP contribution in [0.25, 0.3) is 0 Å². The highest BCUT2D eigenvalue weighted by Gasteiger charge is 2.27. The number of aryl methyl sites for hydroxylation is 1. The Morgan fingerprint density at radius 1 is 1.27 bits per heavy atom. The molecular formula is C14H20N2O5S. The van der Waals surface area contributed by atoms with Crippen LogP contribution in [0.5, 0.6) is 0 Å². The van der Waals surface area contributed by atoms with E-state index in [-0.39, 0.29) is 12.1 Å². The number of carbonyl (C=O) groups excluding carboxylic acids is 1. The first-order valence-electron chi connectivity index (χ1n) is 6.52. The van der Waals surface area contributed by atoms with E-state index in [1.54, 1.807) is 19.1 Å². The second-order valence-corrected chi connectivity index (χ2v) is 7.52. The largest absolute Gasteiger partial charge is 0.481 e. The van der Waals surface area contributed by atoms with Crippen molar-refractivity contribution in [2.24, 2.45) is 5.41 Å². The molecular weight excluding hydrogens is 308 g/mol. The fourth-order valence-corrected chi connectivity index (χ4v) is 2.17. The van der Waals surface area contributed by atoms with Gasteiger partial charge in [-0.05, 0) is 38.5 Å². The van der Waals surface area contributed by atoms with Crippen molar-refractivity contribution in [1.29, 1.82) is 0 Å². The number of carboxylic acids is 1. The Hall–Kier alpha value is -2.09. The Bertz CT molecular complexity index is 695. The van der Waals surface area contributed by atoms with Crippen molar-refractivity contribution in [3.05, 3.63) is 29.3 Å². The number of hydrogen-bond acceptors (Lipinski definition) is 4. The lowest BCUT2D eigenvalue weighted by molar-refractivity contribution is -0.146. The number of rotatable bonds is 6. The van der Waals surface area contributed by atoms with E-state index < -0.39 is 27.3 Å². The van der Waals surface area contributed by atoms with Gasteiger partial charge in [0.25, 0.3) is 5.91 Å². The Morgan fingerprint density at radius 3 is 2.36 bits per heavy atom. The van der Waals surface area contributed by atoms with E-state index in [0.29, 0.717) is 11.3 Å². The molecule has 1 rings (SSSR count). The Balaban J connectivity index is 2.91. The lowest BCUT2D eigenvalue weighted by Crippen LogP contribution is -2.38. The molecule has 0 saturated heterocycles. The number of aliphatic carboxylic acids is 1. The number of nitrogens with one attached hydrogen (secondary N) is 2. The first-order valence-corrected chi connectivity index (χ1v) is 8.41. The number of anilines is 1.